The first-order chi connectivity index (χ1) is 8.29. The van der Waals surface area contributed by atoms with Gasteiger partial charge in [0.15, 0.2) is 0 Å². The van der Waals surface area contributed by atoms with Gasteiger partial charge in [0.2, 0.25) is 5.78 Å². The molecule has 0 N–H and O–H groups in total. The first kappa shape index (κ1) is 11.0. The van der Waals surface area contributed by atoms with Gasteiger partial charge in [-0.05, 0) is 42.3 Å². The molecule has 82 valence electrons. The van der Waals surface area contributed by atoms with Crippen LogP contribution in [-0.2, 0) is 0 Å². The van der Waals surface area contributed by atoms with Gasteiger partial charge in [0, 0.05) is 5.56 Å². The van der Waals surface area contributed by atoms with Crippen molar-refractivity contribution in [2.75, 3.05) is 0 Å². The Morgan fingerprint density at radius 3 is 2.12 bits per heavy atom. The maximum atomic E-state index is 11.2. The standard InChI is InChI=1S/C15H10O2/c1-2-15(16)12-8-10-14(11-9-12)17-13-6-4-3-5-7-13/h1,3-11H. The predicted octanol–water partition coefficient (Wildman–Crippen LogP) is 3.29. The highest BCUT2D eigenvalue weighted by Gasteiger charge is 2.02. The molecule has 0 saturated carbocycles. The molecular formula is C15H10O2. The summed E-state index contributed by atoms with van der Waals surface area (Å²) in [5.41, 5.74) is 0.493. The lowest BCUT2D eigenvalue weighted by Gasteiger charge is -2.05. The van der Waals surface area contributed by atoms with E-state index < -0.39 is 0 Å². The zero-order valence-electron chi connectivity index (χ0n) is 9.09. The Bertz CT molecular complexity index is 548. The van der Waals surface area contributed by atoms with Crippen LogP contribution in [-0.4, -0.2) is 5.78 Å². The smallest absolute Gasteiger partial charge is 0.235 e. The fraction of sp³-hybridized carbons (Fsp3) is 0. The van der Waals surface area contributed by atoms with Crippen LogP contribution < -0.4 is 4.74 Å². The Morgan fingerprint density at radius 1 is 0.941 bits per heavy atom. The highest BCUT2D eigenvalue weighted by Crippen LogP contribution is 2.21. The zero-order valence-corrected chi connectivity index (χ0v) is 9.09. The number of ketones is 1. The monoisotopic (exact) mass is 222 g/mol. The molecule has 2 aromatic carbocycles. The van der Waals surface area contributed by atoms with Crippen LogP contribution in [0.25, 0.3) is 0 Å². The SMILES string of the molecule is C#CC(=O)c1ccc(Oc2ccccc2)cc1. The normalized spacial score (nSPS) is 9.35. The first-order valence-corrected chi connectivity index (χ1v) is 5.13. The summed E-state index contributed by atoms with van der Waals surface area (Å²) in [6.07, 6.45) is 5.03. The lowest BCUT2D eigenvalue weighted by molar-refractivity contribution is 0.105. The minimum absolute atomic E-state index is 0.323. The van der Waals surface area contributed by atoms with Gasteiger partial charge in [0.1, 0.15) is 11.5 Å². The summed E-state index contributed by atoms with van der Waals surface area (Å²) in [4.78, 5) is 11.2. The van der Waals surface area contributed by atoms with E-state index in [2.05, 4.69) is 5.92 Å². The van der Waals surface area contributed by atoms with Gasteiger partial charge in [-0.1, -0.05) is 18.2 Å². The van der Waals surface area contributed by atoms with Crippen LogP contribution in [0.3, 0.4) is 0 Å². The Balaban J connectivity index is 2.15. The summed E-state index contributed by atoms with van der Waals surface area (Å²) in [5.74, 6) is 3.17. The third-order valence-electron chi connectivity index (χ3n) is 2.23. The van der Waals surface area contributed by atoms with E-state index in [0.717, 1.165) is 5.75 Å². The van der Waals surface area contributed by atoms with Gasteiger partial charge in [-0.15, -0.1) is 6.42 Å². The minimum atomic E-state index is -0.323. The van der Waals surface area contributed by atoms with Crippen molar-refractivity contribution in [3.63, 3.8) is 0 Å². The summed E-state index contributed by atoms with van der Waals surface area (Å²) in [6, 6.07) is 16.2. The molecule has 0 aromatic heterocycles. The molecule has 0 fully saturated rings. The number of Topliss-reactive ketones (excluding diaryl/α,β-unsaturated/α-hetero) is 1. The van der Waals surface area contributed by atoms with E-state index in [-0.39, 0.29) is 5.78 Å². The number of terminal acetylenes is 1. The van der Waals surface area contributed by atoms with E-state index in [4.69, 9.17) is 11.2 Å². The molecule has 2 aromatic rings. The highest BCUT2D eigenvalue weighted by atomic mass is 16.5. The van der Waals surface area contributed by atoms with E-state index in [1.54, 1.807) is 24.3 Å². The average molecular weight is 222 g/mol. The molecule has 0 atom stereocenters. The van der Waals surface area contributed by atoms with Gasteiger partial charge in [-0.25, -0.2) is 0 Å². The Kier molecular flexibility index (Phi) is 3.23. The largest absolute Gasteiger partial charge is 0.457 e. The number of ether oxygens (including phenoxy) is 1. The second-order valence-corrected chi connectivity index (χ2v) is 3.41. The molecule has 2 heteroatoms. The molecule has 0 unspecified atom stereocenters. The van der Waals surface area contributed by atoms with Crippen LogP contribution in [0.4, 0.5) is 0 Å². The van der Waals surface area contributed by atoms with Gasteiger partial charge in [0.25, 0.3) is 0 Å². The van der Waals surface area contributed by atoms with Crippen molar-refractivity contribution in [1.29, 1.82) is 0 Å². The number of carbonyl (C=O) groups excluding carboxylic acids is 1. The van der Waals surface area contributed by atoms with Crippen molar-refractivity contribution in [2.45, 2.75) is 0 Å². The molecule has 0 radical (unpaired) electrons. The Labute approximate surface area is 99.9 Å². The second kappa shape index (κ2) is 5.00. The maximum Gasteiger partial charge on any atom is 0.235 e. The fourth-order valence-electron chi connectivity index (χ4n) is 1.38. The van der Waals surface area contributed by atoms with Crippen molar-refractivity contribution in [3.8, 4) is 23.8 Å². The Hall–Kier alpha value is -2.53. The van der Waals surface area contributed by atoms with Crippen molar-refractivity contribution in [2.24, 2.45) is 0 Å². The molecule has 0 aliphatic rings. The van der Waals surface area contributed by atoms with E-state index in [9.17, 15) is 4.79 Å². The molecule has 0 saturated heterocycles. The first-order valence-electron chi connectivity index (χ1n) is 5.13. The molecule has 0 spiro atoms. The number of hydrogen-bond donors (Lipinski definition) is 0. The number of benzene rings is 2. The molecule has 0 heterocycles. The van der Waals surface area contributed by atoms with Crippen LogP contribution in [0.5, 0.6) is 11.5 Å². The summed E-state index contributed by atoms with van der Waals surface area (Å²) < 4.78 is 5.58. The van der Waals surface area contributed by atoms with Crippen molar-refractivity contribution in [1.82, 2.24) is 0 Å². The lowest BCUT2D eigenvalue weighted by atomic mass is 10.1. The summed E-state index contributed by atoms with van der Waals surface area (Å²) in [5, 5.41) is 0. The average Bonchev–Trinajstić information content (AvgIpc) is 2.40. The van der Waals surface area contributed by atoms with Gasteiger partial charge in [-0.2, -0.15) is 0 Å². The summed E-state index contributed by atoms with van der Waals surface area (Å²) in [7, 11) is 0. The summed E-state index contributed by atoms with van der Waals surface area (Å²) in [6.45, 7) is 0. The van der Waals surface area contributed by atoms with Crippen molar-refractivity contribution >= 4 is 5.78 Å². The lowest BCUT2D eigenvalue weighted by Crippen LogP contribution is -1.93. The van der Waals surface area contributed by atoms with Crippen LogP contribution in [0.15, 0.2) is 54.6 Å². The number of rotatable bonds is 3. The number of carbonyl (C=O) groups is 1. The third kappa shape index (κ3) is 2.73. The molecule has 2 nitrogen and oxygen atoms in total. The molecule has 0 aliphatic carbocycles. The number of hydrogen-bond acceptors (Lipinski definition) is 2. The van der Waals surface area contributed by atoms with Gasteiger partial charge in [0.05, 0.1) is 0 Å². The highest BCUT2D eigenvalue weighted by molar-refractivity contribution is 6.08. The quantitative estimate of drug-likeness (QED) is 0.452. The van der Waals surface area contributed by atoms with Gasteiger partial charge < -0.3 is 4.74 Å². The van der Waals surface area contributed by atoms with E-state index in [0.29, 0.717) is 11.3 Å². The summed E-state index contributed by atoms with van der Waals surface area (Å²) >= 11 is 0. The van der Waals surface area contributed by atoms with E-state index in [1.165, 1.54) is 0 Å². The van der Waals surface area contributed by atoms with Crippen LogP contribution >= 0.6 is 0 Å². The Morgan fingerprint density at radius 2 is 1.53 bits per heavy atom. The predicted molar refractivity (Wildman–Crippen MR) is 66.1 cm³/mol. The molecule has 17 heavy (non-hydrogen) atoms. The maximum absolute atomic E-state index is 11.2. The fourth-order valence-corrected chi connectivity index (χ4v) is 1.38. The molecule has 2 rings (SSSR count). The topological polar surface area (TPSA) is 26.3 Å². The molecule has 0 aliphatic heterocycles. The molecular weight excluding hydrogens is 212 g/mol. The van der Waals surface area contributed by atoms with Crippen LogP contribution in [0.1, 0.15) is 10.4 Å². The van der Waals surface area contributed by atoms with Crippen LogP contribution in [0, 0.1) is 12.3 Å². The van der Waals surface area contributed by atoms with E-state index >= 15 is 0 Å². The van der Waals surface area contributed by atoms with Crippen molar-refractivity contribution < 1.29 is 9.53 Å². The zero-order chi connectivity index (χ0) is 12.1. The van der Waals surface area contributed by atoms with Crippen LogP contribution in [0.2, 0.25) is 0 Å². The van der Waals surface area contributed by atoms with Gasteiger partial charge in [-0.3, -0.25) is 4.79 Å². The minimum Gasteiger partial charge on any atom is -0.457 e. The second-order valence-electron chi connectivity index (χ2n) is 3.41. The third-order valence-corrected chi connectivity index (χ3v) is 2.23. The van der Waals surface area contributed by atoms with Crippen molar-refractivity contribution in [3.05, 3.63) is 60.2 Å². The number of para-hydroxylation sites is 1. The van der Waals surface area contributed by atoms with E-state index in [1.807, 2.05) is 30.3 Å². The molecule has 0 bridgehead atoms. The van der Waals surface area contributed by atoms with Gasteiger partial charge >= 0.3 is 0 Å². The molecule has 0 amide bonds.